The van der Waals surface area contributed by atoms with Crippen molar-refractivity contribution in [1.29, 1.82) is 0 Å². The summed E-state index contributed by atoms with van der Waals surface area (Å²) in [7, 11) is -3.15. The van der Waals surface area contributed by atoms with Gasteiger partial charge in [-0.25, -0.2) is 8.42 Å². The Hall–Kier alpha value is -0.820. The normalized spacial score (nSPS) is 13.9. The third-order valence-corrected chi connectivity index (χ3v) is 7.26. The molecule has 0 saturated carbocycles. The molecule has 0 radical (unpaired) electrons. The Morgan fingerprint density at radius 3 is 2.08 bits per heavy atom. The molecule has 0 aromatic rings. The van der Waals surface area contributed by atoms with E-state index in [1.54, 1.807) is 20.8 Å². The van der Waals surface area contributed by atoms with E-state index in [9.17, 15) is 13.5 Å². The van der Waals surface area contributed by atoms with Crippen molar-refractivity contribution in [3.8, 4) is 0 Å². The number of aliphatic hydroxyl groups excluding tert-OH is 1. The fraction of sp³-hybridized carbons (Fsp3) is 0.941. The quantitative estimate of drug-likeness (QED) is 0.408. The van der Waals surface area contributed by atoms with Crippen LogP contribution in [0.3, 0.4) is 0 Å². The van der Waals surface area contributed by atoms with Gasteiger partial charge in [0.25, 0.3) is 0 Å². The van der Waals surface area contributed by atoms with Crippen LogP contribution in [0.15, 0.2) is 4.99 Å². The Bertz CT molecular complexity index is 478. The second-order valence-corrected chi connectivity index (χ2v) is 10.1. The maximum absolute atomic E-state index is 12.2. The van der Waals surface area contributed by atoms with Gasteiger partial charge in [-0.2, -0.15) is 0 Å². The molecule has 6 nitrogen and oxygen atoms in total. The Balaban J connectivity index is 4.86. The highest BCUT2D eigenvalue weighted by molar-refractivity contribution is 7.92. The van der Waals surface area contributed by atoms with Crippen molar-refractivity contribution in [2.75, 3.05) is 32.0 Å². The summed E-state index contributed by atoms with van der Waals surface area (Å²) in [5.74, 6) is 0.704. The van der Waals surface area contributed by atoms with Crippen LogP contribution in [0.5, 0.6) is 0 Å². The molecule has 0 amide bonds. The fourth-order valence-electron chi connectivity index (χ4n) is 2.34. The highest BCUT2D eigenvalue weighted by Crippen LogP contribution is 2.30. The van der Waals surface area contributed by atoms with Gasteiger partial charge < -0.3 is 15.7 Å². The Kier molecular flexibility index (Phi) is 9.88. The minimum Gasteiger partial charge on any atom is -0.396 e. The van der Waals surface area contributed by atoms with Crippen molar-refractivity contribution in [3.05, 3.63) is 0 Å². The van der Waals surface area contributed by atoms with Gasteiger partial charge in [-0.05, 0) is 52.4 Å². The van der Waals surface area contributed by atoms with E-state index in [2.05, 4.69) is 29.5 Å². The van der Waals surface area contributed by atoms with Crippen LogP contribution in [-0.4, -0.2) is 56.2 Å². The van der Waals surface area contributed by atoms with Gasteiger partial charge in [0.2, 0.25) is 0 Å². The molecule has 3 N–H and O–H groups in total. The molecule has 0 saturated heterocycles. The fourth-order valence-corrected chi connectivity index (χ4v) is 3.33. The van der Waals surface area contributed by atoms with Gasteiger partial charge in [0.05, 0.1) is 10.5 Å². The predicted molar refractivity (Wildman–Crippen MR) is 102 cm³/mol. The zero-order valence-electron chi connectivity index (χ0n) is 16.3. The number of aliphatic hydroxyl groups is 1. The Labute approximate surface area is 148 Å². The number of guanidine groups is 1. The summed E-state index contributed by atoms with van der Waals surface area (Å²) in [6.07, 6.45) is 2.62. The third kappa shape index (κ3) is 7.38. The van der Waals surface area contributed by atoms with Crippen LogP contribution >= 0.6 is 0 Å². The maximum Gasteiger partial charge on any atom is 0.191 e. The largest absolute Gasteiger partial charge is 0.396 e. The number of hydrogen-bond acceptors (Lipinski definition) is 4. The van der Waals surface area contributed by atoms with E-state index >= 15 is 0 Å². The van der Waals surface area contributed by atoms with Gasteiger partial charge in [-0.15, -0.1) is 0 Å². The molecule has 7 heteroatoms. The Morgan fingerprint density at radius 1 is 1.08 bits per heavy atom. The first-order valence-corrected chi connectivity index (χ1v) is 10.6. The van der Waals surface area contributed by atoms with Crippen molar-refractivity contribution in [2.45, 2.75) is 65.6 Å². The lowest BCUT2D eigenvalue weighted by Crippen LogP contribution is -2.42. The summed E-state index contributed by atoms with van der Waals surface area (Å²) in [6, 6.07) is 0. The van der Waals surface area contributed by atoms with Crippen LogP contribution in [0.4, 0.5) is 0 Å². The minimum atomic E-state index is -3.15. The molecule has 0 fully saturated rings. The molecule has 0 heterocycles. The van der Waals surface area contributed by atoms with Crippen LogP contribution < -0.4 is 10.6 Å². The molecule has 0 atom stereocenters. The van der Waals surface area contributed by atoms with Crippen molar-refractivity contribution in [3.63, 3.8) is 0 Å². The summed E-state index contributed by atoms with van der Waals surface area (Å²) < 4.78 is 23.6. The van der Waals surface area contributed by atoms with Gasteiger partial charge >= 0.3 is 0 Å². The van der Waals surface area contributed by atoms with E-state index in [0.717, 1.165) is 19.3 Å². The zero-order chi connectivity index (χ0) is 18.9. The smallest absolute Gasteiger partial charge is 0.191 e. The molecular weight excluding hydrogens is 326 g/mol. The van der Waals surface area contributed by atoms with Gasteiger partial charge in [0, 0.05) is 26.2 Å². The van der Waals surface area contributed by atoms with Gasteiger partial charge in [-0.3, -0.25) is 4.99 Å². The SMILES string of the molecule is CCNC(=NCC(CC)(CC)CCO)NCCS(=O)(=O)C(C)(C)C. The van der Waals surface area contributed by atoms with E-state index in [1.807, 2.05) is 6.92 Å². The highest BCUT2D eigenvalue weighted by atomic mass is 32.2. The molecule has 0 bridgehead atoms. The van der Waals surface area contributed by atoms with Gasteiger partial charge in [0.15, 0.2) is 15.8 Å². The Morgan fingerprint density at radius 2 is 1.67 bits per heavy atom. The lowest BCUT2D eigenvalue weighted by atomic mass is 9.79. The van der Waals surface area contributed by atoms with Crippen molar-refractivity contribution >= 4 is 15.8 Å². The average molecular weight is 364 g/mol. The van der Waals surface area contributed by atoms with Crippen LogP contribution in [0, 0.1) is 5.41 Å². The van der Waals surface area contributed by atoms with E-state index in [1.165, 1.54) is 0 Å². The monoisotopic (exact) mass is 363 g/mol. The maximum atomic E-state index is 12.2. The molecule has 0 aliphatic carbocycles. The molecule has 0 aliphatic rings. The number of hydrogen-bond donors (Lipinski definition) is 3. The lowest BCUT2D eigenvalue weighted by Gasteiger charge is -2.29. The summed E-state index contributed by atoms with van der Waals surface area (Å²) in [5.41, 5.74) is -0.00537. The minimum absolute atomic E-state index is 0.00537. The van der Waals surface area contributed by atoms with Crippen LogP contribution in [-0.2, 0) is 9.84 Å². The van der Waals surface area contributed by atoms with Crippen LogP contribution in [0.25, 0.3) is 0 Å². The first-order chi connectivity index (χ1) is 11.1. The number of nitrogens with one attached hydrogen (secondary N) is 2. The molecule has 24 heavy (non-hydrogen) atoms. The molecule has 0 aliphatic heterocycles. The predicted octanol–water partition coefficient (Wildman–Crippen LogP) is 1.94. The second-order valence-electron chi connectivity index (χ2n) is 7.23. The molecule has 0 aromatic heterocycles. The van der Waals surface area contributed by atoms with Crippen molar-refractivity contribution in [1.82, 2.24) is 10.6 Å². The van der Waals surface area contributed by atoms with Crippen molar-refractivity contribution < 1.29 is 13.5 Å². The second kappa shape index (κ2) is 10.2. The summed E-state index contributed by atoms with van der Waals surface area (Å²) in [4.78, 5) is 4.62. The van der Waals surface area contributed by atoms with E-state index < -0.39 is 14.6 Å². The molecule has 0 aromatic carbocycles. The average Bonchev–Trinajstić information content (AvgIpc) is 2.50. The van der Waals surface area contributed by atoms with E-state index in [4.69, 9.17) is 0 Å². The molecule has 0 rings (SSSR count). The summed E-state index contributed by atoms with van der Waals surface area (Å²) in [5, 5.41) is 15.6. The van der Waals surface area contributed by atoms with Gasteiger partial charge in [-0.1, -0.05) is 13.8 Å². The van der Waals surface area contributed by atoms with Crippen LogP contribution in [0.1, 0.15) is 60.8 Å². The number of aliphatic imine (C=N–C) groups is 1. The van der Waals surface area contributed by atoms with Crippen molar-refractivity contribution in [2.24, 2.45) is 10.4 Å². The molecule has 0 spiro atoms. The summed E-state index contributed by atoms with van der Waals surface area (Å²) >= 11 is 0. The molecule has 144 valence electrons. The first-order valence-electron chi connectivity index (χ1n) is 8.92. The van der Waals surface area contributed by atoms with E-state index in [0.29, 0.717) is 25.6 Å². The highest BCUT2D eigenvalue weighted by Gasteiger charge is 2.28. The van der Waals surface area contributed by atoms with Gasteiger partial charge in [0.1, 0.15) is 0 Å². The molecule has 0 unspecified atom stereocenters. The third-order valence-electron chi connectivity index (χ3n) is 4.66. The number of sulfone groups is 1. The summed E-state index contributed by atoms with van der Waals surface area (Å²) in [6.45, 7) is 13.2. The van der Waals surface area contributed by atoms with Crippen LogP contribution in [0.2, 0.25) is 0 Å². The lowest BCUT2D eigenvalue weighted by molar-refractivity contribution is 0.175. The standard InChI is InChI=1S/C17H37N3O3S/c1-7-17(8-2,10-12-21)14-20-15(18-9-3)19-11-13-24(22,23)16(4,5)6/h21H,7-14H2,1-6H3,(H2,18,19,20). The zero-order valence-corrected chi connectivity index (χ0v) is 17.1. The number of nitrogens with zero attached hydrogens (tertiary/aromatic N) is 1. The van der Waals surface area contributed by atoms with E-state index in [-0.39, 0.29) is 17.8 Å². The topological polar surface area (TPSA) is 90.8 Å². The first kappa shape index (κ1) is 23.2. The molecular formula is C17H37N3O3S. The number of rotatable bonds is 10.